The molecule has 2 N–H and O–H groups in total. The number of hydrogen-bond donors (Lipinski definition) is 2. The topological polar surface area (TPSA) is 102 Å². The van der Waals surface area contributed by atoms with Gasteiger partial charge in [0.1, 0.15) is 5.82 Å². The van der Waals surface area contributed by atoms with E-state index in [1.54, 1.807) is 53.4 Å². The zero-order chi connectivity index (χ0) is 17.8. The van der Waals surface area contributed by atoms with Gasteiger partial charge in [-0.05, 0) is 37.3 Å². The van der Waals surface area contributed by atoms with Crippen molar-refractivity contribution in [1.29, 1.82) is 0 Å². The predicted octanol–water partition coefficient (Wildman–Crippen LogP) is 2.18. The first-order valence-electron chi connectivity index (χ1n) is 7.56. The quantitative estimate of drug-likeness (QED) is 0.760. The van der Waals surface area contributed by atoms with E-state index in [4.69, 9.17) is 0 Å². The Balaban J connectivity index is 1.73. The van der Waals surface area contributed by atoms with Crippen molar-refractivity contribution in [3.05, 3.63) is 60.3 Å². The number of hydrogen-bond acceptors (Lipinski definition) is 5. The minimum Gasteiger partial charge on any atom is -0.326 e. The molecule has 126 valence electrons. The van der Waals surface area contributed by atoms with Crippen LogP contribution < -0.4 is 10.6 Å². The van der Waals surface area contributed by atoms with Crippen molar-refractivity contribution in [2.24, 2.45) is 0 Å². The molecule has 2 amide bonds. The normalized spacial score (nSPS) is 10.3. The van der Waals surface area contributed by atoms with Crippen molar-refractivity contribution in [3.63, 3.8) is 0 Å². The SMILES string of the molecule is CC(=O)Nc1cccc(NC(=O)c2ccc(-n3ccnc3C)nn2)c1. The highest BCUT2D eigenvalue weighted by atomic mass is 16.2. The number of aromatic nitrogens is 4. The molecule has 0 aliphatic carbocycles. The summed E-state index contributed by atoms with van der Waals surface area (Å²) in [6.45, 7) is 3.27. The number of nitrogens with zero attached hydrogens (tertiary/aromatic N) is 4. The third kappa shape index (κ3) is 3.86. The van der Waals surface area contributed by atoms with Gasteiger partial charge in [0.05, 0.1) is 0 Å². The molecule has 2 heterocycles. The Bertz CT molecular complexity index is 917. The molecule has 8 nitrogen and oxygen atoms in total. The molecule has 0 unspecified atom stereocenters. The molecule has 0 aliphatic heterocycles. The third-order valence-electron chi connectivity index (χ3n) is 3.40. The molecule has 0 spiro atoms. The fraction of sp³-hybridized carbons (Fsp3) is 0.118. The molecule has 0 atom stereocenters. The van der Waals surface area contributed by atoms with Crippen LogP contribution in [0, 0.1) is 6.92 Å². The van der Waals surface area contributed by atoms with Crippen LogP contribution >= 0.6 is 0 Å². The number of carbonyl (C=O) groups excluding carboxylic acids is 2. The molecule has 0 aliphatic rings. The van der Waals surface area contributed by atoms with Crippen LogP contribution in [-0.4, -0.2) is 31.6 Å². The van der Waals surface area contributed by atoms with Crippen LogP contribution in [0.15, 0.2) is 48.8 Å². The van der Waals surface area contributed by atoms with Gasteiger partial charge in [-0.2, -0.15) is 0 Å². The fourth-order valence-corrected chi connectivity index (χ4v) is 2.27. The van der Waals surface area contributed by atoms with Gasteiger partial charge >= 0.3 is 0 Å². The second-order valence-electron chi connectivity index (χ2n) is 5.34. The van der Waals surface area contributed by atoms with E-state index in [1.807, 2.05) is 6.92 Å². The number of aryl methyl sites for hydroxylation is 1. The fourth-order valence-electron chi connectivity index (χ4n) is 2.27. The Morgan fingerprint density at radius 1 is 1.04 bits per heavy atom. The number of anilines is 2. The molecule has 0 fully saturated rings. The molecule has 0 saturated heterocycles. The number of rotatable bonds is 4. The van der Waals surface area contributed by atoms with E-state index >= 15 is 0 Å². The Labute approximate surface area is 143 Å². The van der Waals surface area contributed by atoms with Gasteiger partial charge in [-0.3, -0.25) is 14.2 Å². The minimum absolute atomic E-state index is 0.181. The predicted molar refractivity (Wildman–Crippen MR) is 92.6 cm³/mol. The maximum Gasteiger partial charge on any atom is 0.276 e. The van der Waals surface area contributed by atoms with Crippen LogP contribution in [0.5, 0.6) is 0 Å². The minimum atomic E-state index is -0.388. The van der Waals surface area contributed by atoms with Crippen molar-refractivity contribution in [2.45, 2.75) is 13.8 Å². The first kappa shape index (κ1) is 16.3. The summed E-state index contributed by atoms with van der Waals surface area (Å²) in [5.41, 5.74) is 1.33. The number of nitrogens with one attached hydrogen (secondary N) is 2. The molecule has 0 bridgehead atoms. The average Bonchev–Trinajstić information content (AvgIpc) is 3.01. The van der Waals surface area contributed by atoms with Crippen LogP contribution in [0.2, 0.25) is 0 Å². The first-order valence-corrected chi connectivity index (χ1v) is 7.56. The molecular weight excluding hydrogens is 320 g/mol. The lowest BCUT2D eigenvalue weighted by Crippen LogP contribution is -2.15. The van der Waals surface area contributed by atoms with Gasteiger partial charge in [-0.25, -0.2) is 4.98 Å². The highest BCUT2D eigenvalue weighted by molar-refractivity contribution is 6.03. The van der Waals surface area contributed by atoms with E-state index in [2.05, 4.69) is 25.8 Å². The van der Waals surface area contributed by atoms with E-state index < -0.39 is 0 Å². The Hall–Kier alpha value is -3.55. The lowest BCUT2D eigenvalue weighted by atomic mass is 10.2. The summed E-state index contributed by atoms with van der Waals surface area (Å²) < 4.78 is 1.77. The van der Waals surface area contributed by atoms with Gasteiger partial charge in [0.25, 0.3) is 5.91 Å². The summed E-state index contributed by atoms with van der Waals surface area (Å²) in [6.07, 6.45) is 3.44. The van der Waals surface area contributed by atoms with Crippen molar-refractivity contribution in [1.82, 2.24) is 19.7 Å². The highest BCUT2D eigenvalue weighted by Crippen LogP contribution is 2.16. The number of carbonyl (C=O) groups is 2. The molecule has 3 rings (SSSR count). The zero-order valence-corrected chi connectivity index (χ0v) is 13.7. The van der Waals surface area contributed by atoms with Crippen molar-refractivity contribution in [2.75, 3.05) is 10.6 Å². The zero-order valence-electron chi connectivity index (χ0n) is 13.7. The average molecular weight is 336 g/mol. The van der Waals surface area contributed by atoms with Gasteiger partial charge in [-0.1, -0.05) is 6.07 Å². The van der Waals surface area contributed by atoms with Crippen molar-refractivity contribution in [3.8, 4) is 5.82 Å². The molecular formula is C17H16N6O2. The summed E-state index contributed by atoms with van der Waals surface area (Å²) >= 11 is 0. The largest absolute Gasteiger partial charge is 0.326 e. The summed E-state index contributed by atoms with van der Waals surface area (Å²) in [5, 5.41) is 13.4. The second-order valence-corrected chi connectivity index (χ2v) is 5.34. The number of amides is 2. The van der Waals surface area contributed by atoms with Gasteiger partial charge in [0.2, 0.25) is 5.91 Å². The molecule has 0 saturated carbocycles. The molecule has 2 aromatic heterocycles. The lowest BCUT2D eigenvalue weighted by molar-refractivity contribution is -0.114. The van der Waals surface area contributed by atoms with Gasteiger partial charge in [0.15, 0.2) is 11.5 Å². The Morgan fingerprint density at radius 3 is 2.40 bits per heavy atom. The Kier molecular flexibility index (Phi) is 4.51. The molecule has 8 heteroatoms. The summed E-state index contributed by atoms with van der Waals surface area (Å²) in [6, 6.07) is 10.1. The lowest BCUT2D eigenvalue weighted by Gasteiger charge is -2.08. The molecule has 25 heavy (non-hydrogen) atoms. The Morgan fingerprint density at radius 2 is 1.80 bits per heavy atom. The summed E-state index contributed by atoms with van der Waals surface area (Å²) in [5.74, 6) is 0.793. The van der Waals surface area contributed by atoms with Crippen LogP contribution in [0.4, 0.5) is 11.4 Å². The number of benzene rings is 1. The van der Waals surface area contributed by atoms with Crippen molar-refractivity contribution >= 4 is 23.2 Å². The molecule has 3 aromatic rings. The van der Waals surface area contributed by atoms with E-state index in [1.165, 1.54) is 6.92 Å². The van der Waals surface area contributed by atoms with E-state index in [9.17, 15) is 9.59 Å². The van der Waals surface area contributed by atoms with Crippen LogP contribution in [-0.2, 0) is 4.79 Å². The van der Waals surface area contributed by atoms with E-state index in [-0.39, 0.29) is 17.5 Å². The van der Waals surface area contributed by atoms with Crippen LogP contribution in [0.3, 0.4) is 0 Å². The smallest absolute Gasteiger partial charge is 0.276 e. The summed E-state index contributed by atoms with van der Waals surface area (Å²) in [4.78, 5) is 27.5. The highest BCUT2D eigenvalue weighted by Gasteiger charge is 2.10. The second kappa shape index (κ2) is 6.91. The van der Waals surface area contributed by atoms with Gasteiger partial charge in [0, 0.05) is 30.7 Å². The first-order chi connectivity index (χ1) is 12.0. The van der Waals surface area contributed by atoms with Crippen LogP contribution in [0.25, 0.3) is 5.82 Å². The molecule has 0 radical (unpaired) electrons. The summed E-state index contributed by atoms with van der Waals surface area (Å²) in [7, 11) is 0. The van der Waals surface area contributed by atoms with E-state index in [0.717, 1.165) is 5.82 Å². The molecule has 1 aromatic carbocycles. The van der Waals surface area contributed by atoms with Gasteiger partial charge in [-0.15, -0.1) is 10.2 Å². The van der Waals surface area contributed by atoms with Gasteiger partial charge < -0.3 is 10.6 Å². The third-order valence-corrected chi connectivity index (χ3v) is 3.40. The monoisotopic (exact) mass is 336 g/mol. The van der Waals surface area contributed by atoms with E-state index in [0.29, 0.717) is 17.2 Å². The van der Waals surface area contributed by atoms with Crippen LogP contribution in [0.1, 0.15) is 23.2 Å². The number of imidazole rings is 1. The standard InChI is InChI=1S/C17H16N6O2/c1-11-18-8-9-23(11)16-7-6-15(21-22-16)17(25)20-14-5-3-4-13(10-14)19-12(2)24/h3-10H,1-2H3,(H,19,24)(H,20,25). The maximum atomic E-state index is 12.3. The van der Waals surface area contributed by atoms with Crippen molar-refractivity contribution < 1.29 is 9.59 Å². The maximum absolute atomic E-state index is 12.3.